The molecular formula is C19H22N2O3. The van der Waals surface area contributed by atoms with Crippen molar-refractivity contribution in [1.29, 1.82) is 0 Å². The number of carbonyl (C=O) groups excluding carboxylic acids is 1. The highest BCUT2D eigenvalue weighted by molar-refractivity contribution is 5.95. The van der Waals surface area contributed by atoms with Crippen LogP contribution < -0.4 is 4.74 Å². The maximum absolute atomic E-state index is 12.9. The number of methoxy groups -OCH3 is 1. The lowest BCUT2D eigenvalue weighted by molar-refractivity contribution is 0.0671. The van der Waals surface area contributed by atoms with E-state index in [1.807, 2.05) is 17.0 Å². The van der Waals surface area contributed by atoms with Crippen LogP contribution in [0.3, 0.4) is 0 Å². The summed E-state index contributed by atoms with van der Waals surface area (Å²) in [6.45, 7) is 3.82. The molecule has 1 aliphatic carbocycles. The SMILES string of the molecule is COc1ccc2c(c1)-c1onc(C(=O)N3CCCC(C)C3)c1CC2. The van der Waals surface area contributed by atoms with Crippen LogP contribution in [0.2, 0.25) is 0 Å². The minimum absolute atomic E-state index is 0.0119. The second-order valence-electron chi connectivity index (χ2n) is 6.86. The molecule has 1 atom stereocenters. The predicted molar refractivity (Wildman–Crippen MR) is 90.2 cm³/mol. The Morgan fingerprint density at radius 1 is 1.38 bits per heavy atom. The van der Waals surface area contributed by atoms with Crippen LogP contribution in [0.1, 0.15) is 41.4 Å². The van der Waals surface area contributed by atoms with Gasteiger partial charge >= 0.3 is 0 Å². The number of carbonyl (C=O) groups is 1. The van der Waals surface area contributed by atoms with Crippen LogP contribution in [0.15, 0.2) is 22.7 Å². The summed E-state index contributed by atoms with van der Waals surface area (Å²) in [5, 5.41) is 4.15. The maximum Gasteiger partial charge on any atom is 0.276 e. The van der Waals surface area contributed by atoms with Gasteiger partial charge in [0, 0.05) is 24.2 Å². The van der Waals surface area contributed by atoms with Crippen LogP contribution in [-0.2, 0) is 12.8 Å². The van der Waals surface area contributed by atoms with Crippen molar-refractivity contribution >= 4 is 5.91 Å². The van der Waals surface area contributed by atoms with E-state index in [0.29, 0.717) is 11.6 Å². The zero-order chi connectivity index (χ0) is 16.7. The summed E-state index contributed by atoms with van der Waals surface area (Å²) in [4.78, 5) is 14.8. The third kappa shape index (κ3) is 2.48. The van der Waals surface area contributed by atoms with Gasteiger partial charge in [0.05, 0.1) is 7.11 Å². The monoisotopic (exact) mass is 326 g/mol. The molecule has 2 aliphatic rings. The minimum atomic E-state index is 0.0119. The molecule has 126 valence electrons. The topological polar surface area (TPSA) is 55.6 Å². The average Bonchev–Trinajstić information content (AvgIpc) is 3.05. The Morgan fingerprint density at radius 2 is 2.25 bits per heavy atom. The van der Waals surface area contributed by atoms with Gasteiger partial charge < -0.3 is 14.2 Å². The molecule has 0 saturated carbocycles. The van der Waals surface area contributed by atoms with Gasteiger partial charge in [0.15, 0.2) is 11.5 Å². The van der Waals surface area contributed by atoms with E-state index in [2.05, 4.69) is 18.1 Å². The first kappa shape index (κ1) is 15.2. The average molecular weight is 326 g/mol. The van der Waals surface area contributed by atoms with Crippen LogP contribution >= 0.6 is 0 Å². The van der Waals surface area contributed by atoms with Gasteiger partial charge in [-0.2, -0.15) is 0 Å². The van der Waals surface area contributed by atoms with Crippen molar-refractivity contribution in [2.45, 2.75) is 32.6 Å². The predicted octanol–water partition coefficient (Wildman–Crippen LogP) is 3.32. The lowest BCUT2D eigenvalue weighted by atomic mass is 9.89. The van der Waals surface area contributed by atoms with Gasteiger partial charge in [0.2, 0.25) is 0 Å². The molecule has 1 fully saturated rings. The first-order valence-electron chi connectivity index (χ1n) is 8.62. The van der Waals surface area contributed by atoms with Gasteiger partial charge in [-0.1, -0.05) is 18.1 Å². The van der Waals surface area contributed by atoms with E-state index in [0.717, 1.165) is 55.0 Å². The highest BCUT2D eigenvalue weighted by Gasteiger charge is 2.31. The van der Waals surface area contributed by atoms with Crippen molar-refractivity contribution in [2.24, 2.45) is 5.92 Å². The third-order valence-corrected chi connectivity index (χ3v) is 5.14. The Hall–Kier alpha value is -2.30. The molecule has 24 heavy (non-hydrogen) atoms. The highest BCUT2D eigenvalue weighted by Crippen LogP contribution is 2.37. The molecule has 1 amide bonds. The molecule has 0 N–H and O–H groups in total. The second kappa shape index (κ2) is 5.96. The Balaban J connectivity index is 1.69. The van der Waals surface area contributed by atoms with Gasteiger partial charge in [0.1, 0.15) is 5.75 Å². The molecule has 0 radical (unpaired) electrons. The molecule has 4 rings (SSSR count). The standard InChI is InChI=1S/C19H22N2O3/c1-12-4-3-9-21(11-12)19(22)17-15-8-6-13-5-7-14(23-2)10-16(13)18(15)24-20-17/h5,7,10,12H,3-4,6,8-9,11H2,1-2H3. The molecule has 1 unspecified atom stereocenters. The van der Waals surface area contributed by atoms with Crippen molar-refractivity contribution in [1.82, 2.24) is 10.1 Å². The number of likely N-dealkylation sites (tertiary alicyclic amines) is 1. The number of ether oxygens (including phenoxy) is 1. The largest absolute Gasteiger partial charge is 0.497 e. The van der Waals surface area contributed by atoms with Gasteiger partial charge in [-0.05, 0) is 49.3 Å². The van der Waals surface area contributed by atoms with Gasteiger partial charge in [-0.15, -0.1) is 0 Å². The summed E-state index contributed by atoms with van der Waals surface area (Å²) in [5.41, 5.74) is 3.64. The third-order valence-electron chi connectivity index (χ3n) is 5.14. The number of aromatic nitrogens is 1. The first-order valence-corrected chi connectivity index (χ1v) is 8.62. The highest BCUT2D eigenvalue weighted by atomic mass is 16.5. The van der Waals surface area contributed by atoms with E-state index in [9.17, 15) is 4.79 Å². The van der Waals surface area contributed by atoms with Crippen molar-refractivity contribution in [3.05, 3.63) is 35.0 Å². The molecule has 1 aliphatic heterocycles. The first-order chi connectivity index (χ1) is 11.7. The van der Waals surface area contributed by atoms with E-state index in [1.165, 1.54) is 12.0 Å². The van der Waals surface area contributed by atoms with Crippen LogP contribution in [0.25, 0.3) is 11.3 Å². The van der Waals surface area contributed by atoms with Crippen LogP contribution in [0.4, 0.5) is 0 Å². The molecule has 1 saturated heterocycles. The molecule has 1 aromatic heterocycles. The van der Waals surface area contributed by atoms with Crippen molar-refractivity contribution in [3.63, 3.8) is 0 Å². The summed E-state index contributed by atoms with van der Waals surface area (Å²) in [6.07, 6.45) is 3.94. The fourth-order valence-electron chi connectivity index (χ4n) is 3.82. The van der Waals surface area contributed by atoms with Gasteiger partial charge in [-0.25, -0.2) is 0 Å². The summed E-state index contributed by atoms with van der Waals surface area (Å²) < 4.78 is 10.9. The maximum atomic E-state index is 12.9. The van der Waals surface area contributed by atoms with Crippen LogP contribution in [-0.4, -0.2) is 36.2 Å². The van der Waals surface area contributed by atoms with E-state index >= 15 is 0 Å². The summed E-state index contributed by atoms with van der Waals surface area (Å²) in [7, 11) is 1.65. The normalized spacial score (nSPS) is 19.6. The van der Waals surface area contributed by atoms with E-state index in [4.69, 9.17) is 9.26 Å². The molecule has 0 spiro atoms. The lowest BCUT2D eigenvalue weighted by Crippen LogP contribution is -2.39. The van der Waals surface area contributed by atoms with Crippen LogP contribution in [0.5, 0.6) is 5.75 Å². The molecular weight excluding hydrogens is 304 g/mol. The quantitative estimate of drug-likeness (QED) is 0.849. The number of aryl methyl sites for hydroxylation is 1. The number of fused-ring (bicyclic) bond motifs is 3. The summed E-state index contributed by atoms with van der Waals surface area (Å²) in [5.74, 6) is 2.08. The summed E-state index contributed by atoms with van der Waals surface area (Å²) >= 11 is 0. The molecule has 2 aromatic rings. The van der Waals surface area contributed by atoms with E-state index < -0.39 is 0 Å². The number of nitrogens with zero attached hydrogens (tertiary/aromatic N) is 2. The number of benzene rings is 1. The Morgan fingerprint density at radius 3 is 3.04 bits per heavy atom. The number of hydrogen-bond donors (Lipinski definition) is 0. The van der Waals surface area contributed by atoms with E-state index in [-0.39, 0.29) is 5.91 Å². The molecule has 0 bridgehead atoms. The molecule has 1 aromatic carbocycles. The number of rotatable bonds is 2. The molecule has 5 heteroatoms. The van der Waals surface area contributed by atoms with Crippen molar-refractivity contribution in [2.75, 3.05) is 20.2 Å². The molecule has 2 heterocycles. The fraction of sp³-hybridized carbons (Fsp3) is 0.474. The lowest BCUT2D eigenvalue weighted by Gasteiger charge is -2.30. The zero-order valence-corrected chi connectivity index (χ0v) is 14.2. The van der Waals surface area contributed by atoms with Crippen LogP contribution in [0, 0.1) is 5.92 Å². The van der Waals surface area contributed by atoms with Crippen molar-refractivity contribution < 1.29 is 14.1 Å². The van der Waals surface area contributed by atoms with Gasteiger partial charge in [0.25, 0.3) is 5.91 Å². The number of amides is 1. The minimum Gasteiger partial charge on any atom is -0.497 e. The molecule has 5 nitrogen and oxygen atoms in total. The smallest absolute Gasteiger partial charge is 0.276 e. The Labute approximate surface area is 141 Å². The Bertz CT molecular complexity index is 781. The van der Waals surface area contributed by atoms with Crippen molar-refractivity contribution in [3.8, 4) is 17.1 Å². The number of piperidine rings is 1. The fourth-order valence-corrected chi connectivity index (χ4v) is 3.82. The number of hydrogen-bond acceptors (Lipinski definition) is 4. The second-order valence-corrected chi connectivity index (χ2v) is 6.86. The van der Waals surface area contributed by atoms with Gasteiger partial charge in [-0.3, -0.25) is 4.79 Å². The zero-order valence-electron chi connectivity index (χ0n) is 14.2. The van der Waals surface area contributed by atoms with E-state index in [1.54, 1.807) is 7.11 Å². The Kier molecular flexibility index (Phi) is 3.79. The summed E-state index contributed by atoms with van der Waals surface area (Å²) in [6, 6.07) is 5.99.